The molecule has 3 nitrogen and oxygen atoms in total. The molecule has 0 bridgehead atoms. The number of ether oxygens (including phenoxy) is 2. The first kappa shape index (κ1) is 10.6. The van der Waals surface area contributed by atoms with Crippen LogP contribution in [0.4, 0.5) is 0 Å². The summed E-state index contributed by atoms with van der Waals surface area (Å²) in [5, 5.41) is 7.69. The lowest BCUT2D eigenvalue weighted by Gasteiger charge is -2.19. The maximum absolute atomic E-state index is 7.69. The van der Waals surface area contributed by atoms with Crippen LogP contribution in [0.5, 0.6) is 5.75 Å². The standard InChI is InChI=1S/C8H8O.C3H5NO/c1-2-9-8-5-6-3-4-7(6)8;1-5-3-2-4/h3-5H,2H2,1H3;3H2,1H3. The number of nitriles is 1. The van der Waals surface area contributed by atoms with Gasteiger partial charge in [-0.05, 0) is 18.6 Å². The highest BCUT2D eigenvalue weighted by molar-refractivity contribution is 5.84. The van der Waals surface area contributed by atoms with E-state index in [2.05, 4.69) is 22.9 Å². The van der Waals surface area contributed by atoms with Gasteiger partial charge in [0.1, 0.15) is 12.4 Å². The van der Waals surface area contributed by atoms with Crippen molar-refractivity contribution < 1.29 is 9.47 Å². The Kier molecular flexibility index (Phi) is 3.96. The predicted molar refractivity (Wildman–Crippen MR) is 54.1 cm³/mol. The van der Waals surface area contributed by atoms with Gasteiger partial charge in [0.15, 0.2) is 0 Å². The van der Waals surface area contributed by atoms with Crippen molar-refractivity contribution in [3.8, 4) is 22.9 Å². The molecule has 2 aliphatic carbocycles. The zero-order valence-corrected chi connectivity index (χ0v) is 8.41. The SMILES string of the molecule is CCOc1cc2ccc1-2.COCC#N. The van der Waals surface area contributed by atoms with Crippen LogP contribution >= 0.6 is 0 Å². The molecule has 0 fully saturated rings. The summed E-state index contributed by atoms with van der Waals surface area (Å²) < 4.78 is 9.59. The van der Waals surface area contributed by atoms with Crippen molar-refractivity contribution in [1.29, 1.82) is 5.26 Å². The molecule has 74 valence electrons. The van der Waals surface area contributed by atoms with Gasteiger partial charge in [-0.2, -0.15) is 5.26 Å². The number of benzene rings is 1. The number of methoxy groups -OCH3 is 1. The van der Waals surface area contributed by atoms with E-state index in [4.69, 9.17) is 10.00 Å². The average molecular weight is 191 g/mol. The van der Waals surface area contributed by atoms with Crippen molar-refractivity contribution in [3.63, 3.8) is 0 Å². The topological polar surface area (TPSA) is 42.2 Å². The van der Waals surface area contributed by atoms with Gasteiger partial charge in [-0.1, -0.05) is 12.1 Å². The molecule has 2 aliphatic rings. The molecule has 0 spiro atoms. The van der Waals surface area contributed by atoms with Crippen molar-refractivity contribution in [3.05, 3.63) is 18.2 Å². The fraction of sp³-hybridized carbons (Fsp3) is 0.364. The molecule has 0 aromatic heterocycles. The highest BCUT2D eigenvalue weighted by atomic mass is 16.5. The molecule has 3 heteroatoms. The van der Waals surface area contributed by atoms with Gasteiger partial charge in [-0.15, -0.1) is 0 Å². The summed E-state index contributed by atoms with van der Waals surface area (Å²) in [5.41, 5.74) is 2.65. The minimum atomic E-state index is 0.194. The molecular formula is C11H13NO2. The number of hydrogen-bond donors (Lipinski definition) is 0. The van der Waals surface area contributed by atoms with Gasteiger partial charge >= 0.3 is 0 Å². The van der Waals surface area contributed by atoms with E-state index in [-0.39, 0.29) is 6.61 Å². The maximum atomic E-state index is 7.69. The molecule has 0 atom stereocenters. The van der Waals surface area contributed by atoms with Crippen molar-refractivity contribution in [2.45, 2.75) is 6.92 Å². The smallest absolute Gasteiger partial charge is 0.133 e. The van der Waals surface area contributed by atoms with Crippen LogP contribution in [-0.4, -0.2) is 20.3 Å². The van der Waals surface area contributed by atoms with E-state index in [0.717, 1.165) is 12.4 Å². The maximum Gasteiger partial charge on any atom is 0.133 e. The van der Waals surface area contributed by atoms with Crippen molar-refractivity contribution in [2.75, 3.05) is 20.3 Å². The molecule has 0 unspecified atom stereocenters. The molecule has 0 N–H and O–H groups in total. The fourth-order valence-electron chi connectivity index (χ4n) is 1.09. The van der Waals surface area contributed by atoms with Crippen LogP contribution in [0.25, 0.3) is 11.1 Å². The molecule has 0 saturated carbocycles. The summed E-state index contributed by atoms with van der Waals surface area (Å²) in [4.78, 5) is 0. The highest BCUT2D eigenvalue weighted by Gasteiger charge is 2.16. The first-order valence-corrected chi connectivity index (χ1v) is 4.46. The van der Waals surface area contributed by atoms with Crippen LogP contribution in [-0.2, 0) is 4.74 Å². The summed E-state index contributed by atoms with van der Waals surface area (Å²) in [7, 11) is 1.49. The predicted octanol–water partition coefficient (Wildman–Crippen LogP) is 2.22. The van der Waals surface area contributed by atoms with Crippen LogP contribution in [0, 0.1) is 11.3 Å². The molecular weight excluding hydrogens is 178 g/mol. The largest absolute Gasteiger partial charge is 0.493 e. The average Bonchev–Trinajstić information content (AvgIpc) is 2.16. The zero-order valence-electron chi connectivity index (χ0n) is 8.41. The molecule has 0 aromatic carbocycles. The first-order valence-electron chi connectivity index (χ1n) is 4.46. The second-order valence-electron chi connectivity index (χ2n) is 2.74. The Hall–Kier alpha value is -1.53. The van der Waals surface area contributed by atoms with E-state index in [1.807, 2.05) is 6.92 Å². The van der Waals surface area contributed by atoms with Crippen molar-refractivity contribution in [1.82, 2.24) is 0 Å². The Bertz CT molecular complexity index is 342. The molecule has 0 heterocycles. The zero-order chi connectivity index (χ0) is 10.4. The number of fused-ring (bicyclic) bond motifs is 1. The summed E-state index contributed by atoms with van der Waals surface area (Å²) >= 11 is 0. The van der Waals surface area contributed by atoms with Gasteiger partial charge in [0.25, 0.3) is 0 Å². The van der Waals surface area contributed by atoms with E-state index in [1.54, 1.807) is 6.07 Å². The minimum Gasteiger partial charge on any atom is -0.493 e. The Balaban J connectivity index is 0.000000171. The van der Waals surface area contributed by atoms with Gasteiger partial charge < -0.3 is 9.47 Å². The summed E-state index contributed by atoms with van der Waals surface area (Å²) in [5.74, 6) is 1.06. The summed E-state index contributed by atoms with van der Waals surface area (Å²) in [6.07, 6.45) is 0. The van der Waals surface area contributed by atoms with Gasteiger partial charge in [-0.3, -0.25) is 0 Å². The highest BCUT2D eigenvalue weighted by Crippen LogP contribution is 2.42. The van der Waals surface area contributed by atoms with Crippen molar-refractivity contribution in [2.24, 2.45) is 0 Å². The van der Waals surface area contributed by atoms with E-state index in [9.17, 15) is 0 Å². The van der Waals surface area contributed by atoms with Gasteiger partial charge in [0.2, 0.25) is 0 Å². The third-order valence-electron chi connectivity index (χ3n) is 1.80. The van der Waals surface area contributed by atoms with Gasteiger partial charge in [-0.25, -0.2) is 0 Å². The van der Waals surface area contributed by atoms with Crippen LogP contribution in [0.1, 0.15) is 6.92 Å². The van der Waals surface area contributed by atoms with Crippen LogP contribution in [0.15, 0.2) is 18.2 Å². The molecule has 0 radical (unpaired) electrons. The Morgan fingerprint density at radius 2 is 2.21 bits per heavy atom. The number of hydrogen-bond acceptors (Lipinski definition) is 3. The van der Waals surface area contributed by atoms with Crippen LogP contribution < -0.4 is 4.74 Å². The second-order valence-corrected chi connectivity index (χ2v) is 2.74. The first-order chi connectivity index (χ1) is 6.83. The van der Waals surface area contributed by atoms with E-state index >= 15 is 0 Å². The Labute approximate surface area is 83.9 Å². The quantitative estimate of drug-likeness (QED) is 0.747. The third-order valence-corrected chi connectivity index (χ3v) is 1.80. The molecule has 14 heavy (non-hydrogen) atoms. The third kappa shape index (κ3) is 2.24. The lowest BCUT2D eigenvalue weighted by Crippen LogP contribution is -2.00. The summed E-state index contributed by atoms with van der Waals surface area (Å²) in [6, 6.07) is 8.04. The van der Waals surface area contributed by atoms with Crippen LogP contribution in [0.3, 0.4) is 0 Å². The normalized spacial score (nSPS) is 9.50. The van der Waals surface area contributed by atoms with Gasteiger partial charge in [0.05, 0.1) is 12.7 Å². The number of rotatable bonds is 3. The monoisotopic (exact) mass is 191 g/mol. The molecule has 2 rings (SSSR count). The van der Waals surface area contributed by atoms with Gasteiger partial charge in [0, 0.05) is 12.7 Å². The lowest BCUT2D eigenvalue weighted by atomic mass is 9.92. The molecule has 0 aliphatic heterocycles. The van der Waals surface area contributed by atoms with E-state index in [0.29, 0.717) is 0 Å². The van der Waals surface area contributed by atoms with E-state index in [1.165, 1.54) is 18.2 Å². The Morgan fingerprint density at radius 3 is 2.43 bits per heavy atom. The molecule has 0 saturated heterocycles. The summed E-state index contributed by atoms with van der Waals surface area (Å²) in [6.45, 7) is 2.97. The van der Waals surface area contributed by atoms with Crippen molar-refractivity contribution >= 4 is 0 Å². The Morgan fingerprint density at radius 1 is 1.43 bits per heavy atom. The molecule has 0 aromatic rings. The van der Waals surface area contributed by atoms with Crippen LogP contribution in [0.2, 0.25) is 0 Å². The second kappa shape index (κ2) is 5.25. The van der Waals surface area contributed by atoms with E-state index < -0.39 is 0 Å². The molecule has 0 amide bonds. The lowest BCUT2D eigenvalue weighted by molar-refractivity contribution is 0.238. The fourth-order valence-corrected chi connectivity index (χ4v) is 1.09. The minimum absolute atomic E-state index is 0.194. The number of nitrogens with zero attached hydrogens (tertiary/aromatic N) is 1.